The third kappa shape index (κ3) is 4.81. The zero-order valence-electron chi connectivity index (χ0n) is 19.4. The standard InChI is InChI=1S/C27H27N3O3S/c1-17-8-9-20-18(2)21(26(32)33-23(20)14-17)10-11-25(31)29-27-28-22-12-13-30(16-24(22)34-27)15-19-6-4-3-5-7-19/h3-9,14H,10-13,15-16H2,1-2H3,(H,28,29,31). The van der Waals surface area contributed by atoms with Crippen molar-refractivity contribution in [3.8, 4) is 0 Å². The molecule has 0 fully saturated rings. The molecule has 34 heavy (non-hydrogen) atoms. The summed E-state index contributed by atoms with van der Waals surface area (Å²) < 4.78 is 5.51. The van der Waals surface area contributed by atoms with Crippen LogP contribution < -0.4 is 10.9 Å². The lowest BCUT2D eigenvalue weighted by atomic mass is 10.0. The van der Waals surface area contributed by atoms with E-state index in [1.807, 2.05) is 38.1 Å². The quantitative estimate of drug-likeness (QED) is 0.399. The number of rotatable bonds is 6. The number of anilines is 1. The van der Waals surface area contributed by atoms with Gasteiger partial charge in [-0.2, -0.15) is 0 Å². The van der Waals surface area contributed by atoms with Gasteiger partial charge < -0.3 is 9.73 Å². The molecule has 0 saturated heterocycles. The maximum absolute atomic E-state index is 12.6. The molecule has 174 valence electrons. The van der Waals surface area contributed by atoms with E-state index < -0.39 is 0 Å². The summed E-state index contributed by atoms with van der Waals surface area (Å²) in [6.45, 7) is 6.58. The highest BCUT2D eigenvalue weighted by molar-refractivity contribution is 7.15. The minimum Gasteiger partial charge on any atom is -0.423 e. The molecule has 0 saturated carbocycles. The van der Waals surface area contributed by atoms with Crippen LogP contribution in [0.15, 0.2) is 57.7 Å². The minimum absolute atomic E-state index is 0.143. The number of carbonyl (C=O) groups is 1. The molecule has 6 nitrogen and oxygen atoms in total. The van der Waals surface area contributed by atoms with E-state index >= 15 is 0 Å². The number of hydrogen-bond acceptors (Lipinski definition) is 6. The van der Waals surface area contributed by atoms with Gasteiger partial charge in [-0.1, -0.05) is 42.5 Å². The highest BCUT2D eigenvalue weighted by Gasteiger charge is 2.22. The minimum atomic E-state index is -0.369. The van der Waals surface area contributed by atoms with Crippen molar-refractivity contribution in [1.82, 2.24) is 9.88 Å². The van der Waals surface area contributed by atoms with E-state index in [0.717, 1.165) is 48.3 Å². The summed E-state index contributed by atoms with van der Waals surface area (Å²) in [4.78, 5) is 33.4. The number of nitrogens with one attached hydrogen (secondary N) is 1. The van der Waals surface area contributed by atoms with Gasteiger partial charge in [0.1, 0.15) is 5.58 Å². The van der Waals surface area contributed by atoms with Gasteiger partial charge in [-0.05, 0) is 43.0 Å². The lowest BCUT2D eigenvalue weighted by molar-refractivity contribution is -0.116. The molecule has 0 spiro atoms. The van der Waals surface area contributed by atoms with Crippen molar-refractivity contribution in [3.63, 3.8) is 0 Å². The number of benzene rings is 2. The van der Waals surface area contributed by atoms with Gasteiger partial charge in [0, 0.05) is 48.3 Å². The van der Waals surface area contributed by atoms with E-state index in [9.17, 15) is 9.59 Å². The maximum Gasteiger partial charge on any atom is 0.339 e. The van der Waals surface area contributed by atoms with Crippen LogP contribution in [0.3, 0.4) is 0 Å². The van der Waals surface area contributed by atoms with Gasteiger partial charge in [-0.3, -0.25) is 9.69 Å². The average molecular weight is 474 g/mol. The third-order valence-electron chi connectivity index (χ3n) is 6.35. The molecule has 5 rings (SSSR count). The molecular formula is C27H27N3O3S. The Labute approximate surface area is 202 Å². The number of hydrogen-bond donors (Lipinski definition) is 1. The van der Waals surface area contributed by atoms with Crippen LogP contribution in [0.2, 0.25) is 0 Å². The molecule has 0 unspecified atom stereocenters. The SMILES string of the molecule is Cc1ccc2c(C)c(CCC(=O)Nc3nc4c(s3)CN(Cc3ccccc3)CC4)c(=O)oc2c1. The second-order valence-electron chi connectivity index (χ2n) is 8.88. The number of thiazole rings is 1. The number of nitrogens with zero attached hydrogens (tertiary/aromatic N) is 2. The highest BCUT2D eigenvalue weighted by atomic mass is 32.1. The van der Waals surface area contributed by atoms with Crippen LogP contribution in [0, 0.1) is 13.8 Å². The Hall–Kier alpha value is -3.29. The summed E-state index contributed by atoms with van der Waals surface area (Å²) in [6.07, 6.45) is 1.42. The fourth-order valence-electron chi connectivity index (χ4n) is 4.49. The summed E-state index contributed by atoms with van der Waals surface area (Å²) in [5, 5.41) is 4.48. The topological polar surface area (TPSA) is 75.4 Å². The first-order valence-corrected chi connectivity index (χ1v) is 12.4. The second-order valence-corrected chi connectivity index (χ2v) is 9.96. The van der Waals surface area contributed by atoms with E-state index in [1.165, 1.54) is 10.4 Å². The summed E-state index contributed by atoms with van der Waals surface area (Å²) in [5.74, 6) is -0.143. The van der Waals surface area contributed by atoms with Crippen LogP contribution in [0.1, 0.15) is 39.2 Å². The molecule has 0 aliphatic carbocycles. The fourth-order valence-corrected chi connectivity index (χ4v) is 5.56. The first-order chi connectivity index (χ1) is 16.5. The van der Waals surface area contributed by atoms with Crippen molar-refractivity contribution in [3.05, 3.63) is 91.8 Å². The van der Waals surface area contributed by atoms with Gasteiger partial charge in [0.05, 0.1) is 5.69 Å². The Kier molecular flexibility index (Phi) is 6.30. The number of aromatic nitrogens is 1. The van der Waals surface area contributed by atoms with E-state index in [4.69, 9.17) is 4.42 Å². The van der Waals surface area contributed by atoms with Crippen LogP contribution in [-0.4, -0.2) is 22.3 Å². The Morgan fingerprint density at radius 3 is 2.82 bits per heavy atom. The van der Waals surface area contributed by atoms with E-state index in [0.29, 0.717) is 22.7 Å². The summed E-state index contributed by atoms with van der Waals surface area (Å²) in [6, 6.07) is 16.3. The van der Waals surface area contributed by atoms with Gasteiger partial charge in [-0.15, -0.1) is 11.3 Å². The monoisotopic (exact) mass is 473 g/mol. The summed E-state index contributed by atoms with van der Waals surface area (Å²) >= 11 is 1.54. The smallest absolute Gasteiger partial charge is 0.339 e. The van der Waals surface area contributed by atoms with Crippen molar-refractivity contribution in [2.45, 2.75) is 46.2 Å². The highest BCUT2D eigenvalue weighted by Crippen LogP contribution is 2.29. The van der Waals surface area contributed by atoms with Crippen LogP contribution in [0.5, 0.6) is 0 Å². The van der Waals surface area contributed by atoms with Crippen molar-refractivity contribution >= 4 is 33.3 Å². The summed E-state index contributed by atoms with van der Waals surface area (Å²) in [5.41, 5.74) is 5.07. The number of amides is 1. The molecule has 1 N–H and O–H groups in total. The molecule has 2 aromatic heterocycles. The predicted molar refractivity (Wildman–Crippen MR) is 135 cm³/mol. The molecule has 1 aliphatic heterocycles. The molecule has 0 atom stereocenters. The van der Waals surface area contributed by atoms with Crippen LogP contribution in [-0.2, 0) is 30.7 Å². The molecule has 1 amide bonds. The zero-order valence-corrected chi connectivity index (χ0v) is 20.2. The maximum atomic E-state index is 12.6. The van der Waals surface area contributed by atoms with Gasteiger partial charge in [0.25, 0.3) is 0 Å². The van der Waals surface area contributed by atoms with E-state index in [1.54, 1.807) is 11.3 Å². The normalized spacial score (nSPS) is 13.7. The fraction of sp³-hybridized carbons (Fsp3) is 0.296. The molecule has 7 heteroatoms. The van der Waals surface area contributed by atoms with E-state index in [2.05, 4.69) is 39.5 Å². The van der Waals surface area contributed by atoms with Crippen molar-refractivity contribution in [2.24, 2.45) is 0 Å². The Morgan fingerprint density at radius 1 is 1.18 bits per heavy atom. The molecule has 4 aromatic rings. The Balaban J connectivity index is 1.22. The molecular weight excluding hydrogens is 446 g/mol. The van der Waals surface area contributed by atoms with Gasteiger partial charge in [0.15, 0.2) is 5.13 Å². The van der Waals surface area contributed by atoms with Crippen molar-refractivity contribution < 1.29 is 9.21 Å². The number of carbonyl (C=O) groups excluding carboxylic acids is 1. The molecule has 3 heterocycles. The van der Waals surface area contributed by atoms with Crippen LogP contribution >= 0.6 is 11.3 Å². The zero-order chi connectivity index (χ0) is 23.7. The molecule has 0 radical (unpaired) electrons. The van der Waals surface area contributed by atoms with Gasteiger partial charge >= 0.3 is 5.63 Å². The Morgan fingerprint density at radius 2 is 2.00 bits per heavy atom. The van der Waals surface area contributed by atoms with Crippen molar-refractivity contribution in [1.29, 1.82) is 0 Å². The molecule has 0 bridgehead atoms. The van der Waals surface area contributed by atoms with Crippen LogP contribution in [0.4, 0.5) is 5.13 Å². The predicted octanol–water partition coefficient (Wildman–Crippen LogP) is 5.00. The van der Waals surface area contributed by atoms with Crippen molar-refractivity contribution in [2.75, 3.05) is 11.9 Å². The average Bonchev–Trinajstić information content (AvgIpc) is 3.20. The third-order valence-corrected chi connectivity index (χ3v) is 7.35. The first kappa shape index (κ1) is 22.5. The lowest BCUT2D eigenvalue weighted by Gasteiger charge is -2.25. The van der Waals surface area contributed by atoms with Gasteiger partial charge in [0.2, 0.25) is 5.91 Å². The molecule has 2 aromatic carbocycles. The number of aryl methyl sites for hydroxylation is 2. The summed E-state index contributed by atoms with van der Waals surface area (Å²) in [7, 11) is 0. The number of fused-ring (bicyclic) bond motifs is 2. The first-order valence-electron chi connectivity index (χ1n) is 11.5. The second kappa shape index (κ2) is 9.52. The lowest BCUT2D eigenvalue weighted by Crippen LogP contribution is -2.29. The van der Waals surface area contributed by atoms with Gasteiger partial charge in [-0.25, -0.2) is 9.78 Å². The largest absolute Gasteiger partial charge is 0.423 e. The molecule has 1 aliphatic rings. The van der Waals surface area contributed by atoms with Crippen LogP contribution in [0.25, 0.3) is 11.0 Å². The Bertz CT molecular complexity index is 1410. The van der Waals surface area contributed by atoms with E-state index in [-0.39, 0.29) is 18.0 Å².